The first-order valence-electron chi connectivity index (χ1n) is 5.93. The van der Waals surface area contributed by atoms with Gasteiger partial charge < -0.3 is 19.8 Å². The molecule has 0 atom stereocenters. The van der Waals surface area contributed by atoms with E-state index in [0.717, 1.165) is 0 Å². The summed E-state index contributed by atoms with van der Waals surface area (Å²) in [5.41, 5.74) is 1.29. The smallest absolute Gasteiger partial charge is 0.125 e. The molecule has 0 aromatic heterocycles. The normalized spacial score (nSPS) is 11.2. The van der Waals surface area contributed by atoms with E-state index < -0.39 is 0 Å². The molecule has 5 nitrogen and oxygen atoms in total. The Balaban J connectivity index is 2.46. The number of rotatable bonds is 4. The molecule has 2 N–H and O–H groups in total. The summed E-state index contributed by atoms with van der Waals surface area (Å²) in [6.07, 6.45) is 0. The molecule has 0 aliphatic carbocycles. The highest BCUT2D eigenvalue weighted by molar-refractivity contribution is 6.14. The maximum atomic E-state index is 9.92. The van der Waals surface area contributed by atoms with Crippen molar-refractivity contribution in [3.63, 3.8) is 0 Å². The van der Waals surface area contributed by atoms with E-state index in [9.17, 15) is 10.3 Å². The number of hydrogen-bond donors (Lipinski definition) is 2. The van der Waals surface area contributed by atoms with E-state index in [4.69, 9.17) is 9.47 Å². The summed E-state index contributed by atoms with van der Waals surface area (Å²) in [5, 5.41) is 22.5. The molecule has 2 rings (SSSR count). The largest absolute Gasteiger partial charge is 0.507 e. The molecule has 2 aromatic carbocycles. The molecule has 0 amide bonds. The van der Waals surface area contributed by atoms with Gasteiger partial charge in [-0.2, -0.15) is 0 Å². The van der Waals surface area contributed by atoms with Crippen LogP contribution in [0.25, 0.3) is 0 Å². The fourth-order valence-corrected chi connectivity index (χ4v) is 1.85. The van der Waals surface area contributed by atoms with Gasteiger partial charge in [0.05, 0.1) is 14.2 Å². The van der Waals surface area contributed by atoms with E-state index in [1.165, 1.54) is 13.2 Å². The van der Waals surface area contributed by atoms with Crippen LogP contribution in [0.4, 0.5) is 0 Å². The molecule has 0 aliphatic rings. The molecule has 0 saturated carbocycles. The van der Waals surface area contributed by atoms with Crippen molar-refractivity contribution in [1.29, 1.82) is 0 Å². The number of benzene rings is 2. The van der Waals surface area contributed by atoms with Crippen LogP contribution in [0.15, 0.2) is 47.6 Å². The molecular formula is C15H15NO4. The minimum absolute atomic E-state index is 0.00872. The predicted molar refractivity (Wildman–Crippen MR) is 75.1 cm³/mol. The molecule has 0 bridgehead atoms. The van der Waals surface area contributed by atoms with Gasteiger partial charge >= 0.3 is 0 Å². The number of ether oxygens (including phenoxy) is 2. The van der Waals surface area contributed by atoms with Crippen molar-refractivity contribution < 1.29 is 19.8 Å². The Bertz CT molecular complexity index is 620. The number of oxime groups is 1. The highest BCUT2D eigenvalue weighted by Gasteiger charge is 2.13. The van der Waals surface area contributed by atoms with Crippen molar-refractivity contribution in [3.05, 3.63) is 53.6 Å². The molecule has 104 valence electrons. The van der Waals surface area contributed by atoms with E-state index in [0.29, 0.717) is 22.6 Å². The van der Waals surface area contributed by atoms with Crippen LogP contribution < -0.4 is 9.47 Å². The molecular weight excluding hydrogens is 258 g/mol. The lowest BCUT2D eigenvalue weighted by atomic mass is 10.0. The predicted octanol–water partition coefficient (Wildman–Crippen LogP) is 2.64. The van der Waals surface area contributed by atoms with Gasteiger partial charge in [-0.25, -0.2) is 0 Å². The SMILES string of the molecule is COc1ccc(/C(=N\O)c2cc(OC)ccc2O)cc1. The highest BCUT2D eigenvalue weighted by Crippen LogP contribution is 2.26. The molecule has 0 unspecified atom stereocenters. The third kappa shape index (κ3) is 2.66. The molecule has 20 heavy (non-hydrogen) atoms. The van der Waals surface area contributed by atoms with Crippen LogP contribution in [0, 0.1) is 0 Å². The second kappa shape index (κ2) is 5.97. The Morgan fingerprint density at radius 1 is 0.950 bits per heavy atom. The monoisotopic (exact) mass is 273 g/mol. The fourth-order valence-electron chi connectivity index (χ4n) is 1.85. The lowest BCUT2D eigenvalue weighted by molar-refractivity contribution is 0.319. The Labute approximate surface area is 116 Å². The van der Waals surface area contributed by atoms with Crippen LogP contribution >= 0.6 is 0 Å². The fraction of sp³-hybridized carbons (Fsp3) is 0.133. The molecule has 0 fully saturated rings. The average molecular weight is 273 g/mol. The Hall–Kier alpha value is -2.69. The van der Waals surface area contributed by atoms with Crippen LogP contribution in [-0.4, -0.2) is 30.2 Å². The topological polar surface area (TPSA) is 71.3 Å². The maximum absolute atomic E-state index is 9.92. The first-order chi connectivity index (χ1) is 9.69. The highest BCUT2D eigenvalue weighted by atomic mass is 16.5. The van der Waals surface area contributed by atoms with Gasteiger partial charge in [0.25, 0.3) is 0 Å². The van der Waals surface area contributed by atoms with Crippen LogP contribution in [0.2, 0.25) is 0 Å². The lowest BCUT2D eigenvalue weighted by Crippen LogP contribution is -2.04. The van der Waals surface area contributed by atoms with Gasteiger partial charge in [-0.1, -0.05) is 5.16 Å². The van der Waals surface area contributed by atoms with Gasteiger partial charge in [0.1, 0.15) is 23.0 Å². The molecule has 0 heterocycles. The lowest BCUT2D eigenvalue weighted by Gasteiger charge is -2.09. The maximum Gasteiger partial charge on any atom is 0.125 e. The quantitative estimate of drug-likeness (QED) is 0.510. The Kier molecular flexibility index (Phi) is 4.10. The molecule has 5 heteroatoms. The summed E-state index contributed by atoms with van der Waals surface area (Å²) in [4.78, 5) is 0. The van der Waals surface area contributed by atoms with Gasteiger partial charge in [0.2, 0.25) is 0 Å². The van der Waals surface area contributed by atoms with Crippen molar-refractivity contribution in [2.75, 3.05) is 14.2 Å². The number of methoxy groups -OCH3 is 2. The van der Waals surface area contributed by atoms with Crippen LogP contribution in [-0.2, 0) is 0 Å². The third-order valence-corrected chi connectivity index (χ3v) is 2.92. The number of hydrogen-bond acceptors (Lipinski definition) is 5. The van der Waals surface area contributed by atoms with Crippen LogP contribution in [0.1, 0.15) is 11.1 Å². The zero-order valence-corrected chi connectivity index (χ0v) is 11.2. The van der Waals surface area contributed by atoms with Crippen molar-refractivity contribution in [1.82, 2.24) is 0 Å². The summed E-state index contributed by atoms with van der Waals surface area (Å²) in [6, 6.07) is 11.7. The Morgan fingerprint density at radius 2 is 1.55 bits per heavy atom. The van der Waals surface area contributed by atoms with Gasteiger partial charge in [-0.05, 0) is 42.5 Å². The summed E-state index contributed by atoms with van der Waals surface area (Å²) in [6.45, 7) is 0. The Morgan fingerprint density at radius 3 is 2.10 bits per heavy atom. The second-order valence-electron chi connectivity index (χ2n) is 4.06. The van der Waals surface area contributed by atoms with Gasteiger partial charge in [-0.15, -0.1) is 0 Å². The molecule has 0 spiro atoms. The van der Waals surface area contributed by atoms with Crippen LogP contribution in [0.5, 0.6) is 17.2 Å². The molecule has 0 radical (unpaired) electrons. The van der Waals surface area contributed by atoms with E-state index in [2.05, 4.69) is 5.16 Å². The van der Waals surface area contributed by atoms with E-state index in [1.54, 1.807) is 43.5 Å². The zero-order valence-electron chi connectivity index (χ0n) is 11.2. The molecule has 0 aliphatic heterocycles. The van der Waals surface area contributed by atoms with Crippen molar-refractivity contribution in [2.24, 2.45) is 5.16 Å². The number of phenols is 1. The van der Waals surface area contributed by atoms with Crippen molar-refractivity contribution in [3.8, 4) is 17.2 Å². The number of nitrogens with zero attached hydrogens (tertiary/aromatic N) is 1. The zero-order chi connectivity index (χ0) is 14.5. The number of phenolic OH excluding ortho intramolecular Hbond substituents is 1. The van der Waals surface area contributed by atoms with Gasteiger partial charge in [-0.3, -0.25) is 0 Å². The van der Waals surface area contributed by atoms with Gasteiger partial charge in [0.15, 0.2) is 0 Å². The van der Waals surface area contributed by atoms with E-state index in [1.807, 2.05) is 0 Å². The minimum Gasteiger partial charge on any atom is -0.507 e. The van der Waals surface area contributed by atoms with Crippen LogP contribution in [0.3, 0.4) is 0 Å². The average Bonchev–Trinajstić information content (AvgIpc) is 2.50. The van der Waals surface area contributed by atoms with Gasteiger partial charge in [0, 0.05) is 11.1 Å². The summed E-state index contributed by atoms with van der Waals surface area (Å²) in [5.74, 6) is 1.27. The summed E-state index contributed by atoms with van der Waals surface area (Å²) in [7, 11) is 3.10. The van der Waals surface area contributed by atoms with Crippen molar-refractivity contribution >= 4 is 5.71 Å². The first kappa shape index (κ1) is 13.7. The van der Waals surface area contributed by atoms with E-state index >= 15 is 0 Å². The third-order valence-electron chi connectivity index (χ3n) is 2.92. The molecule has 2 aromatic rings. The standard InChI is InChI=1S/C15H15NO4/c1-19-11-5-3-10(4-6-11)15(16-18)13-9-12(20-2)7-8-14(13)17/h3-9,17-18H,1-2H3/b16-15+. The van der Waals surface area contributed by atoms with Crippen molar-refractivity contribution in [2.45, 2.75) is 0 Å². The number of aromatic hydroxyl groups is 1. The summed E-state index contributed by atoms with van der Waals surface area (Å²) >= 11 is 0. The minimum atomic E-state index is 0.00872. The van der Waals surface area contributed by atoms with E-state index in [-0.39, 0.29) is 11.5 Å². The second-order valence-corrected chi connectivity index (χ2v) is 4.06. The molecule has 0 saturated heterocycles. The first-order valence-corrected chi connectivity index (χ1v) is 5.93. The summed E-state index contributed by atoms with van der Waals surface area (Å²) < 4.78 is 10.2.